The fourth-order valence-electron chi connectivity index (χ4n) is 1.96. The topological polar surface area (TPSA) is 106 Å². The van der Waals surface area contributed by atoms with Gasteiger partial charge in [-0.15, -0.1) is 0 Å². The largest absolute Gasteiger partial charge is 0.482 e. The lowest BCUT2D eigenvalue weighted by Crippen LogP contribution is -2.25. The van der Waals surface area contributed by atoms with Crippen molar-refractivity contribution in [3.8, 4) is 5.75 Å². The maximum absolute atomic E-state index is 11.2. The number of halogens is 1. The van der Waals surface area contributed by atoms with E-state index in [0.29, 0.717) is 17.1 Å². The van der Waals surface area contributed by atoms with Crippen molar-refractivity contribution in [1.82, 2.24) is 4.98 Å². The van der Waals surface area contributed by atoms with E-state index < -0.39 is 4.92 Å². The van der Waals surface area contributed by atoms with Crippen LogP contribution in [-0.4, -0.2) is 22.4 Å². The maximum Gasteiger partial charge on any atom is 0.311 e. The third-order valence-corrected chi connectivity index (χ3v) is 3.12. The third kappa shape index (κ3) is 2.77. The predicted molar refractivity (Wildman–Crippen MR) is 79.8 cm³/mol. The van der Waals surface area contributed by atoms with Crippen molar-refractivity contribution in [2.24, 2.45) is 0 Å². The second kappa shape index (κ2) is 5.49. The van der Waals surface area contributed by atoms with Crippen LogP contribution in [0, 0.1) is 10.1 Å². The minimum absolute atomic E-state index is 0.0253. The van der Waals surface area contributed by atoms with Gasteiger partial charge in [-0.2, -0.15) is 0 Å². The van der Waals surface area contributed by atoms with Crippen molar-refractivity contribution in [1.29, 1.82) is 0 Å². The molecule has 2 aromatic rings. The molecule has 0 atom stereocenters. The van der Waals surface area contributed by atoms with Crippen molar-refractivity contribution in [3.05, 3.63) is 45.6 Å². The number of carbonyl (C=O) groups excluding carboxylic acids is 1. The zero-order valence-electron chi connectivity index (χ0n) is 11.0. The zero-order chi connectivity index (χ0) is 15.7. The van der Waals surface area contributed by atoms with Gasteiger partial charge in [-0.1, -0.05) is 11.6 Å². The van der Waals surface area contributed by atoms with E-state index >= 15 is 0 Å². The smallest absolute Gasteiger partial charge is 0.311 e. The van der Waals surface area contributed by atoms with Gasteiger partial charge in [0.15, 0.2) is 6.61 Å². The summed E-state index contributed by atoms with van der Waals surface area (Å²) in [4.78, 5) is 25.6. The first kappa shape index (κ1) is 14.1. The van der Waals surface area contributed by atoms with Gasteiger partial charge < -0.3 is 15.4 Å². The fourth-order valence-corrected chi connectivity index (χ4v) is 2.10. The molecule has 112 valence electrons. The van der Waals surface area contributed by atoms with Crippen LogP contribution in [0.3, 0.4) is 0 Å². The summed E-state index contributed by atoms with van der Waals surface area (Å²) < 4.78 is 5.28. The molecule has 0 radical (unpaired) electrons. The Hall–Kier alpha value is -2.87. The molecule has 8 nitrogen and oxygen atoms in total. The van der Waals surface area contributed by atoms with E-state index in [9.17, 15) is 14.9 Å². The van der Waals surface area contributed by atoms with Gasteiger partial charge in [0.25, 0.3) is 5.91 Å². The van der Waals surface area contributed by atoms with E-state index in [4.69, 9.17) is 16.3 Å². The molecule has 0 spiro atoms. The normalized spacial score (nSPS) is 12.9. The van der Waals surface area contributed by atoms with Crippen molar-refractivity contribution in [2.45, 2.75) is 0 Å². The molecule has 0 bridgehead atoms. The van der Waals surface area contributed by atoms with Gasteiger partial charge in [0.1, 0.15) is 10.9 Å². The Morgan fingerprint density at radius 3 is 2.95 bits per heavy atom. The molecule has 2 N–H and O–H groups in total. The molecule has 1 aliphatic heterocycles. The summed E-state index contributed by atoms with van der Waals surface area (Å²) in [5.41, 5.74) is 0.861. The maximum atomic E-state index is 11.2. The number of pyridine rings is 1. The van der Waals surface area contributed by atoms with Crippen LogP contribution in [0.15, 0.2) is 30.3 Å². The van der Waals surface area contributed by atoms with Crippen molar-refractivity contribution in [3.63, 3.8) is 0 Å². The number of nitro groups is 1. The van der Waals surface area contributed by atoms with Gasteiger partial charge in [-0.25, -0.2) is 4.98 Å². The number of amides is 1. The van der Waals surface area contributed by atoms with E-state index in [1.165, 1.54) is 12.1 Å². The number of rotatable bonds is 3. The molecule has 0 unspecified atom stereocenters. The Labute approximate surface area is 129 Å². The Kier molecular flexibility index (Phi) is 3.51. The standard InChI is InChI=1S/C13H9ClN4O4/c14-11-4-3-9(18(20)21)13(17-11)15-7-1-2-8-10(5-7)22-6-12(19)16-8/h1-5H,6H2,(H,15,17)(H,16,19). The molecular weight excluding hydrogens is 312 g/mol. The first-order chi connectivity index (χ1) is 10.5. The fraction of sp³-hybridized carbons (Fsp3) is 0.0769. The van der Waals surface area contributed by atoms with Crippen molar-refractivity contribution in [2.75, 3.05) is 17.2 Å². The Balaban J connectivity index is 1.92. The molecule has 2 heterocycles. The first-order valence-corrected chi connectivity index (χ1v) is 6.55. The molecule has 0 saturated carbocycles. The highest BCUT2D eigenvalue weighted by atomic mass is 35.5. The van der Waals surface area contributed by atoms with Crippen molar-refractivity contribution < 1.29 is 14.5 Å². The summed E-state index contributed by atoms with van der Waals surface area (Å²) in [6, 6.07) is 7.50. The van der Waals surface area contributed by atoms with Crippen molar-refractivity contribution >= 4 is 40.4 Å². The second-order valence-electron chi connectivity index (χ2n) is 4.43. The number of anilines is 3. The summed E-state index contributed by atoms with van der Waals surface area (Å²) >= 11 is 5.77. The molecule has 22 heavy (non-hydrogen) atoms. The summed E-state index contributed by atoms with van der Waals surface area (Å²) in [6.45, 7) is -0.0774. The van der Waals surface area contributed by atoms with Gasteiger partial charge in [0.05, 0.1) is 10.6 Å². The van der Waals surface area contributed by atoms with Crippen LogP contribution < -0.4 is 15.4 Å². The Morgan fingerprint density at radius 2 is 2.18 bits per heavy atom. The van der Waals surface area contributed by atoms with E-state index in [0.717, 1.165) is 0 Å². The van der Waals surface area contributed by atoms with Crippen LogP contribution in [-0.2, 0) is 4.79 Å². The lowest BCUT2D eigenvalue weighted by atomic mass is 10.2. The van der Waals surface area contributed by atoms with Gasteiger partial charge in [-0.05, 0) is 18.2 Å². The van der Waals surface area contributed by atoms with Crippen LogP contribution >= 0.6 is 11.6 Å². The lowest BCUT2D eigenvalue weighted by molar-refractivity contribution is -0.384. The molecule has 9 heteroatoms. The number of hydrogen-bond donors (Lipinski definition) is 2. The molecule has 1 aromatic heterocycles. The number of aromatic nitrogens is 1. The SMILES string of the molecule is O=C1COc2cc(Nc3nc(Cl)ccc3[N+](=O)[O-])ccc2N1. The minimum atomic E-state index is -0.555. The predicted octanol–water partition coefficient (Wildman–Crippen LogP) is 2.72. The minimum Gasteiger partial charge on any atom is -0.482 e. The molecule has 0 fully saturated rings. The Bertz CT molecular complexity index is 781. The lowest BCUT2D eigenvalue weighted by Gasteiger charge is -2.18. The monoisotopic (exact) mass is 320 g/mol. The highest BCUT2D eigenvalue weighted by molar-refractivity contribution is 6.29. The van der Waals surface area contributed by atoms with Gasteiger partial charge in [0, 0.05) is 17.8 Å². The zero-order valence-corrected chi connectivity index (χ0v) is 11.8. The number of fused-ring (bicyclic) bond motifs is 1. The number of nitrogens with one attached hydrogen (secondary N) is 2. The quantitative estimate of drug-likeness (QED) is 0.511. The van der Waals surface area contributed by atoms with Crippen LogP contribution in [0.5, 0.6) is 5.75 Å². The van der Waals surface area contributed by atoms with Gasteiger partial charge in [-0.3, -0.25) is 14.9 Å². The van der Waals surface area contributed by atoms with Crippen LogP contribution in [0.4, 0.5) is 22.9 Å². The van der Waals surface area contributed by atoms with Gasteiger partial charge in [0.2, 0.25) is 5.82 Å². The number of ether oxygens (including phenoxy) is 1. The van der Waals surface area contributed by atoms with Crippen LogP contribution in [0.2, 0.25) is 5.15 Å². The van der Waals surface area contributed by atoms with Gasteiger partial charge >= 0.3 is 5.69 Å². The highest BCUT2D eigenvalue weighted by Crippen LogP contribution is 2.33. The summed E-state index contributed by atoms with van der Waals surface area (Å²) in [5.74, 6) is 0.256. The molecule has 1 aliphatic rings. The van der Waals surface area contributed by atoms with E-state index in [1.54, 1.807) is 18.2 Å². The van der Waals surface area contributed by atoms with Crippen LogP contribution in [0.1, 0.15) is 0 Å². The molecule has 1 aromatic carbocycles. The van der Waals surface area contributed by atoms with E-state index in [2.05, 4.69) is 15.6 Å². The molecule has 3 rings (SSSR count). The molecule has 1 amide bonds. The second-order valence-corrected chi connectivity index (χ2v) is 4.82. The average molecular weight is 321 g/mol. The van der Waals surface area contributed by atoms with E-state index in [1.807, 2.05) is 0 Å². The number of benzene rings is 1. The molecule has 0 aliphatic carbocycles. The van der Waals surface area contributed by atoms with Crippen LogP contribution in [0.25, 0.3) is 0 Å². The summed E-state index contributed by atoms with van der Waals surface area (Å²) in [6.07, 6.45) is 0. The molecule has 0 saturated heterocycles. The number of hydrogen-bond acceptors (Lipinski definition) is 6. The summed E-state index contributed by atoms with van der Waals surface area (Å²) in [7, 11) is 0. The average Bonchev–Trinajstić information content (AvgIpc) is 2.47. The highest BCUT2D eigenvalue weighted by Gasteiger charge is 2.19. The van der Waals surface area contributed by atoms with E-state index in [-0.39, 0.29) is 29.2 Å². The number of nitrogens with zero attached hydrogens (tertiary/aromatic N) is 2. The first-order valence-electron chi connectivity index (χ1n) is 6.17. The summed E-state index contributed by atoms with van der Waals surface area (Å²) in [5, 5.41) is 16.6. The molecular formula is C13H9ClN4O4. The Morgan fingerprint density at radius 1 is 1.36 bits per heavy atom. The third-order valence-electron chi connectivity index (χ3n) is 2.91. The number of carbonyl (C=O) groups is 1.